The first-order chi connectivity index (χ1) is 13.3. The van der Waals surface area contributed by atoms with Gasteiger partial charge in [-0.1, -0.05) is 16.9 Å². The number of benzene rings is 1. The Kier molecular flexibility index (Phi) is 4.79. The van der Waals surface area contributed by atoms with Crippen molar-refractivity contribution in [3.8, 4) is 34.5 Å². The van der Waals surface area contributed by atoms with Crippen molar-refractivity contribution < 1.29 is 18.4 Å². The van der Waals surface area contributed by atoms with E-state index in [0.717, 1.165) is 5.56 Å². The van der Waals surface area contributed by atoms with Gasteiger partial charge in [-0.25, -0.2) is 4.98 Å². The molecule has 0 saturated heterocycles. The third kappa shape index (κ3) is 3.65. The smallest absolute Gasteiger partial charge is 0.238 e. The monoisotopic (exact) mass is 385 g/mol. The second kappa shape index (κ2) is 7.54. The molecule has 4 rings (SSSR count). The SMILES string of the molecule is COc1ccc(-c2nc(SCc3nc(-c4ccco4)no3)n[nH]2)c(OC)c1. The van der Waals surface area contributed by atoms with Gasteiger partial charge >= 0.3 is 0 Å². The second-order valence-corrected chi connectivity index (χ2v) is 6.25. The molecular formula is C17H15N5O4S. The number of methoxy groups -OCH3 is 2. The number of aromatic nitrogens is 5. The number of rotatable bonds is 7. The third-order valence-corrected chi connectivity index (χ3v) is 4.50. The molecule has 0 saturated carbocycles. The molecule has 1 N–H and O–H groups in total. The molecule has 138 valence electrons. The van der Waals surface area contributed by atoms with Gasteiger partial charge in [-0.05, 0) is 24.3 Å². The molecule has 9 nitrogen and oxygen atoms in total. The summed E-state index contributed by atoms with van der Waals surface area (Å²) in [7, 11) is 3.20. The number of aromatic amines is 1. The maximum absolute atomic E-state index is 5.40. The highest BCUT2D eigenvalue weighted by molar-refractivity contribution is 7.98. The van der Waals surface area contributed by atoms with Crippen LogP contribution in [0.25, 0.3) is 23.0 Å². The molecule has 0 amide bonds. The quantitative estimate of drug-likeness (QED) is 0.478. The minimum atomic E-state index is 0.411. The number of ether oxygens (including phenoxy) is 2. The van der Waals surface area contributed by atoms with Gasteiger partial charge in [0.2, 0.25) is 16.9 Å². The Morgan fingerprint density at radius 3 is 2.85 bits per heavy atom. The predicted octanol–water partition coefficient (Wildman–Crippen LogP) is 3.42. The maximum Gasteiger partial charge on any atom is 0.238 e. The molecule has 0 radical (unpaired) electrons. The van der Waals surface area contributed by atoms with Crippen LogP contribution in [0, 0.1) is 0 Å². The summed E-state index contributed by atoms with van der Waals surface area (Å²) < 4.78 is 21.1. The molecule has 4 aromatic rings. The van der Waals surface area contributed by atoms with E-state index in [1.807, 2.05) is 12.1 Å². The molecule has 27 heavy (non-hydrogen) atoms. The molecule has 3 heterocycles. The van der Waals surface area contributed by atoms with Gasteiger partial charge < -0.3 is 18.4 Å². The van der Waals surface area contributed by atoms with Gasteiger partial charge in [0.25, 0.3) is 0 Å². The van der Waals surface area contributed by atoms with E-state index in [2.05, 4.69) is 25.3 Å². The molecular weight excluding hydrogens is 370 g/mol. The summed E-state index contributed by atoms with van der Waals surface area (Å²) in [6.07, 6.45) is 1.56. The molecule has 3 aromatic heterocycles. The Bertz CT molecular complexity index is 1030. The number of thioether (sulfide) groups is 1. The highest BCUT2D eigenvalue weighted by atomic mass is 32.2. The van der Waals surface area contributed by atoms with E-state index >= 15 is 0 Å². The molecule has 0 aliphatic rings. The van der Waals surface area contributed by atoms with Gasteiger partial charge in [-0.3, -0.25) is 5.10 Å². The molecule has 0 aliphatic heterocycles. The molecule has 1 aromatic carbocycles. The second-order valence-electron chi connectivity index (χ2n) is 5.31. The fourth-order valence-electron chi connectivity index (χ4n) is 2.37. The van der Waals surface area contributed by atoms with Crippen molar-refractivity contribution in [2.24, 2.45) is 0 Å². The molecule has 0 fully saturated rings. The van der Waals surface area contributed by atoms with Crippen LogP contribution in [-0.4, -0.2) is 39.5 Å². The fraction of sp³-hybridized carbons (Fsp3) is 0.176. The van der Waals surface area contributed by atoms with Crippen LogP contribution in [0.5, 0.6) is 11.5 Å². The molecule has 0 unspecified atom stereocenters. The topological polar surface area (TPSA) is 112 Å². The van der Waals surface area contributed by atoms with E-state index in [4.69, 9.17) is 18.4 Å². The van der Waals surface area contributed by atoms with Crippen LogP contribution in [0.1, 0.15) is 5.89 Å². The predicted molar refractivity (Wildman–Crippen MR) is 96.5 cm³/mol. The van der Waals surface area contributed by atoms with Crippen LogP contribution in [0.2, 0.25) is 0 Å². The van der Waals surface area contributed by atoms with Crippen molar-refractivity contribution in [1.29, 1.82) is 0 Å². The zero-order valence-electron chi connectivity index (χ0n) is 14.5. The summed E-state index contributed by atoms with van der Waals surface area (Å²) in [5.41, 5.74) is 0.788. The summed E-state index contributed by atoms with van der Waals surface area (Å²) >= 11 is 1.37. The lowest BCUT2D eigenvalue weighted by Gasteiger charge is -2.07. The summed E-state index contributed by atoms with van der Waals surface area (Å²) in [5, 5.41) is 11.6. The van der Waals surface area contributed by atoms with Crippen LogP contribution in [0.4, 0.5) is 0 Å². The summed E-state index contributed by atoms with van der Waals surface area (Å²) in [6, 6.07) is 9.02. The largest absolute Gasteiger partial charge is 0.497 e. The Balaban J connectivity index is 1.46. The number of H-pyrrole nitrogens is 1. The van der Waals surface area contributed by atoms with E-state index in [-0.39, 0.29) is 0 Å². The molecule has 0 atom stereocenters. The fourth-order valence-corrected chi connectivity index (χ4v) is 3.01. The Morgan fingerprint density at radius 2 is 2.07 bits per heavy atom. The van der Waals surface area contributed by atoms with Crippen molar-refractivity contribution in [2.75, 3.05) is 14.2 Å². The van der Waals surface area contributed by atoms with Crippen LogP contribution < -0.4 is 9.47 Å². The minimum absolute atomic E-state index is 0.411. The van der Waals surface area contributed by atoms with Gasteiger partial charge in [0.1, 0.15) is 11.5 Å². The molecule has 0 spiro atoms. The summed E-state index contributed by atoms with van der Waals surface area (Å²) in [5.74, 6) is 3.80. The minimum Gasteiger partial charge on any atom is -0.497 e. The molecule has 0 aliphatic carbocycles. The Labute approximate surface area is 158 Å². The van der Waals surface area contributed by atoms with E-state index in [0.29, 0.717) is 45.7 Å². The Hall–Kier alpha value is -3.27. The first kappa shape index (κ1) is 17.2. The normalized spacial score (nSPS) is 10.9. The first-order valence-corrected chi connectivity index (χ1v) is 8.89. The van der Waals surface area contributed by atoms with Gasteiger partial charge in [0.05, 0.1) is 31.8 Å². The van der Waals surface area contributed by atoms with E-state index in [1.165, 1.54) is 11.8 Å². The average molecular weight is 385 g/mol. The van der Waals surface area contributed by atoms with Crippen LogP contribution in [0.15, 0.2) is 50.7 Å². The van der Waals surface area contributed by atoms with Gasteiger partial charge in [-0.2, -0.15) is 4.98 Å². The van der Waals surface area contributed by atoms with Crippen molar-refractivity contribution >= 4 is 11.8 Å². The highest BCUT2D eigenvalue weighted by Crippen LogP contribution is 2.32. The lowest BCUT2D eigenvalue weighted by Crippen LogP contribution is -1.91. The number of furan rings is 1. The number of nitrogens with zero attached hydrogens (tertiary/aromatic N) is 4. The zero-order chi connectivity index (χ0) is 18.6. The van der Waals surface area contributed by atoms with Crippen molar-refractivity contribution in [1.82, 2.24) is 25.3 Å². The van der Waals surface area contributed by atoms with Gasteiger partial charge in [-0.15, -0.1) is 5.10 Å². The van der Waals surface area contributed by atoms with E-state index in [1.54, 1.807) is 38.7 Å². The number of hydrogen-bond donors (Lipinski definition) is 1. The van der Waals surface area contributed by atoms with Crippen LogP contribution in [-0.2, 0) is 5.75 Å². The average Bonchev–Trinajstić information content (AvgIpc) is 3.47. The van der Waals surface area contributed by atoms with Gasteiger partial charge in [0, 0.05) is 6.07 Å². The molecule has 0 bridgehead atoms. The lowest BCUT2D eigenvalue weighted by atomic mass is 10.2. The van der Waals surface area contributed by atoms with Crippen molar-refractivity contribution in [3.63, 3.8) is 0 Å². The van der Waals surface area contributed by atoms with E-state index < -0.39 is 0 Å². The maximum atomic E-state index is 5.40. The van der Waals surface area contributed by atoms with E-state index in [9.17, 15) is 0 Å². The summed E-state index contributed by atoms with van der Waals surface area (Å²) in [6.45, 7) is 0. The lowest BCUT2D eigenvalue weighted by molar-refractivity contribution is 0.390. The summed E-state index contributed by atoms with van der Waals surface area (Å²) in [4.78, 5) is 8.77. The molecule has 10 heteroatoms. The van der Waals surface area contributed by atoms with Crippen LogP contribution in [0.3, 0.4) is 0 Å². The van der Waals surface area contributed by atoms with Crippen LogP contribution >= 0.6 is 11.8 Å². The first-order valence-electron chi connectivity index (χ1n) is 7.91. The highest BCUT2D eigenvalue weighted by Gasteiger charge is 2.15. The Morgan fingerprint density at radius 1 is 1.15 bits per heavy atom. The third-order valence-electron chi connectivity index (χ3n) is 3.66. The standard InChI is InChI=1S/C17H15N5O4S/c1-23-10-5-6-11(13(8-10)24-2)15-19-17(21-20-15)27-9-14-18-16(22-26-14)12-4-3-7-25-12/h3-8H,9H2,1-2H3,(H,19,20,21). The van der Waals surface area contributed by atoms with Crippen molar-refractivity contribution in [3.05, 3.63) is 42.5 Å². The van der Waals surface area contributed by atoms with Gasteiger partial charge in [0.15, 0.2) is 11.6 Å². The number of hydrogen-bond acceptors (Lipinski definition) is 9. The van der Waals surface area contributed by atoms with Crippen molar-refractivity contribution in [2.45, 2.75) is 10.9 Å². The zero-order valence-corrected chi connectivity index (χ0v) is 15.3. The number of nitrogens with one attached hydrogen (secondary N) is 1.